The first kappa shape index (κ1) is 22.8. The van der Waals surface area contributed by atoms with Gasteiger partial charge in [0.2, 0.25) is 5.82 Å². The van der Waals surface area contributed by atoms with Crippen molar-refractivity contribution in [2.45, 2.75) is 39.3 Å². The molecular weight excluding hydrogens is 431 g/mol. The molecule has 10 heteroatoms. The predicted molar refractivity (Wildman–Crippen MR) is 121 cm³/mol. The zero-order valence-electron chi connectivity index (χ0n) is 18.7. The van der Waals surface area contributed by atoms with Gasteiger partial charge < -0.3 is 19.2 Å². The third kappa shape index (κ3) is 5.16. The number of nitro benzene ring substituents is 1. The number of rotatable bonds is 9. The normalized spacial score (nSPS) is 15.0. The van der Waals surface area contributed by atoms with Gasteiger partial charge >= 0.3 is 0 Å². The molecule has 1 aromatic heterocycles. The molecule has 0 atom stereocenters. The lowest BCUT2D eigenvalue weighted by Gasteiger charge is -2.32. The van der Waals surface area contributed by atoms with Crippen molar-refractivity contribution in [1.82, 2.24) is 9.88 Å². The molecule has 1 aliphatic rings. The van der Waals surface area contributed by atoms with Crippen molar-refractivity contribution in [3.63, 3.8) is 0 Å². The second-order valence-corrected chi connectivity index (χ2v) is 7.87. The number of nitrogens with zero attached hydrogens (tertiary/aromatic N) is 3. The molecule has 0 amide bonds. The number of ether oxygens (including phenoxy) is 2. The molecule has 0 aliphatic carbocycles. The Morgan fingerprint density at radius 1 is 1.21 bits per heavy atom. The molecule has 2 heterocycles. The molecular formula is C23H27FN4O5. The highest BCUT2D eigenvalue weighted by Gasteiger charge is 2.23. The van der Waals surface area contributed by atoms with Crippen molar-refractivity contribution in [3.8, 4) is 11.5 Å². The molecule has 0 bridgehead atoms. The van der Waals surface area contributed by atoms with Gasteiger partial charge in [-0.25, -0.2) is 0 Å². The first-order chi connectivity index (χ1) is 16.0. The number of fused-ring (bicyclic) bond motifs is 1. The van der Waals surface area contributed by atoms with Crippen molar-refractivity contribution in [2.75, 3.05) is 31.6 Å². The van der Waals surface area contributed by atoms with Crippen LogP contribution in [0.5, 0.6) is 11.5 Å². The van der Waals surface area contributed by atoms with E-state index in [-0.39, 0.29) is 28.7 Å². The maximum absolute atomic E-state index is 14.5. The lowest BCUT2D eigenvalue weighted by Crippen LogP contribution is -2.38. The lowest BCUT2D eigenvalue weighted by atomic mass is 10.0. The van der Waals surface area contributed by atoms with Crippen LogP contribution in [0, 0.1) is 15.9 Å². The van der Waals surface area contributed by atoms with E-state index in [1.54, 1.807) is 24.3 Å². The minimum atomic E-state index is -0.469. The number of hydrogen-bond acceptors (Lipinski definition) is 8. The van der Waals surface area contributed by atoms with Gasteiger partial charge in [0, 0.05) is 31.7 Å². The highest BCUT2D eigenvalue weighted by atomic mass is 19.1. The van der Waals surface area contributed by atoms with Gasteiger partial charge in [-0.3, -0.25) is 15.0 Å². The molecule has 0 unspecified atom stereocenters. The zero-order chi connectivity index (χ0) is 23.4. The minimum absolute atomic E-state index is 0.0729. The van der Waals surface area contributed by atoms with Crippen molar-refractivity contribution in [2.24, 2.45) is 0 Å². The Balaban J connectivity index is 1.38. The Labute approximate surface area is 190 Å². The van der Waals surface area contributed by atoms with E-state index in [1.165, 1.54) is 6.07 Å². The minimum Gasteiger partial charge on any atom is -0.491 e. The summed E-state index contributed by atoms with van der Waals surface area (Å²) in [5.41, 5.74) is 1.49. The lowest BCUT2D eigenvalue weighted by molar-refractivity contribution is -0.383. The molecule has 1 aliphatic heterocycles. The number of non-ortho nitro benzene ring substituents is 1. The van der Waals surface area contributed by atoms with Gasteiger partial charge in [0.05, 0.1) is 18.1 Å². The second-order valence-electron chi connectivity index (χ2n) is 7.87. The van der Waals surface area contributed by atoms with Crippen LogP contribution in [-0.2, 0) is 6.54 Å². The summed E-state index contributed by atoms with van der Waals surface area (Å²) in [4.78, 5) is 17.3. The van der Waals surface area contributed by atoms with Gasteiger partial charge in [-0.2, -0.15) is 9.37 Å². The predicted octanol–water partition coefficient (Wildman–Crippen LogP) is 4.75. The standard InChI is InChI=1S/C23H27FN4O5/c1-3-31-19-12-15(13-20(21(19)24)32-4-2)14-27-10-8-16(9-11-27)25-23-26-22-17(28(29)30)6-5-7-18(22)33-23/h5-7,12-13,16H,3-4,8-11,14H2,1-2H3,(H,25,26). The topological polar surface area (TPSA) is 103 Å². The van der Waals surface area contributed by atoms with Crippen molar-refractivity contribution < 1.29 is 23.2 Å². The first-order valence-corrected chi connectivity index (χ1v) is 11.1. The van der Waals surface area contributed by atoms with Crippen LogP contribution in [0.1, 0.15) is 32.3 Å². The van der Waals surface area contributed by atoms with Gasteiger partial charge in [0.15, 0.2) is 22.6 Å². The summed E-state index contributed by atoms with van der Waals surface area (Å²) in [5.74, 6) is -0.0518. The average Bonchev–Trinajstić information content (AvgIpc) is 3.21. The summed E-state index contributed by atoms with van der Waals surface area (Å²) in [6.45, 7) is 6.69. The molecule has 2 aromatic carbocycles. The van der Waals surface area contributed by atoms with Gasteiger partial charge in [-0.05, 0) is 50.5 Å². The number of likely N-dealkylation sites (tertiary alicyclic amines) is 1. The largest absolute Gasteiger partial charge is 0.491 e. The SMILES string of the molecule is CCOc1cc(CN2CCC(Nc3nc4c([N+](=O)[O-])cccc4o3)CC2)cc(OCC)c1F. The fraction of sp³-hybridized carbons (Fsp3) is 0.435. The van der Waals surface area contributed by atoms with Crippen LogP contribution < -0.4 is 14.8 Å². The maximum Gasteiger partial charge on any atom is 0.298 e. The highest BCUT2D eigenvalue weighted by Crippen LogP contribution is 2.31. The molecule has 9 nitrogen and oxygen atoms in total. The van der Waals surface area contributed by atoms with E-state index in [0.717, 1.165) is 31.5 Å². The molecule has 0 saturated carbocycles. The smallest absolute Gasteiger partial charge is 0.298 e. The van der Waals surface area contributed by atoms with Crippen molar-refractivity contribution >= 4 is 22.8 Å². The van der Waals surface area contributed by atoms with E-state index in [9.17, 15) is 14.5 Å². The Bertz CT molecular complexity index is 1100. The first-order valence-electron chi connectivity index (χ1n) is 11.1. The van der Waals surface area contributed by atoms with Gasteiger partial charge in [0.25, 0.3) is 11.7 Å². The number of anilines is 1. The van der Waals surface area contributed by atoms with Gasteiger partial charge in [-0.15, -0.1) is 0 Å². The molecule has 33 heavy (non-hydrogen) atoms. The van der Waals surface area contributed by atoms with Crippen LogP contribution in [0.4, 0.5) is 16.1 Å². The number of hydrogen-bond donors (Lipinski definition) is 1. The van der Waals surface area contributed by atoms with E-state index < -0.39 is 10.7 Å². The Kier molecular flexibility index (Phi) is 6.93. The Hall–Kier alpha value is -3.40. The summed E-state index contributed by atoms with van der Waals surface area (Å²) in [7, 11) is 0. The van der Waals surface area contributed by atoms with E-state index in [2.05, 4.69) is 15.2 Å². The van der Waals surface area contributed by atoms with Crippen LogP contribution in [0.2, 0.25) is 0 Å². The van der Waals surface area contributed by atoms with E-state index in [0.29, 0.717) is 31.4 Å². The molecule has 1 fully saturated rings. The fourth-order valence-corrected chi connectivity index (χ4v) is 4.05. The number of para-hydroxylation sites is 1. The zero-order valence-corrected chi connectivity index (χ0v) is 18.7. The van der Waals surface area contributed by atoms with Gasteiger partial charge in [0.1, 0.15) is 0 Å². The number of benzene rings is 2. The average molecular weight is 458 g/mol. The number of halogens is 1. The monoisotopic (exact) mass is 458 g/mol. The molecule has 176 valence electrons. The van der Waals surface area contributed by atoms with Crippen molar-refractivity contribution in [1.29, 1.82) is 0 Å². The number of piperidine rings is 1. The van der Waals surface area contributed by atoms with Crippen LogP contribution in [0.25, 0.3) is 11.1 Å². The van der Waals surface area contributed by atoms with Crippen LogP contribution in [0.15, 0.2) is 34.7 Å². The highest BCUT2D eigenvalue weighted by molar-refractivity contribution is 5.84. The summed E-state index contributed by atoms with van der Waals surface area (Å²) < 4.78 is 31.0. The number of aromatic nitrogens is 1. The van der Waals surface area contributed by atoms with E-state index >= 15 is 0 Å². The quantitative estimate of drug-likeness (QED) is 0.362. The summed E-state index contributed by atoms with van der Waals surface area (Å²) in [5, 5.41) is 14.5. The molecule has 0 spiro atoms. The van der Waals surface area contributed by atoms with E-state index in [4.69, 9.17) is 13.9 Å². The molecule has 0 radical (unpaired) electrons. The number of nitro groups is 1. The molecule has 1 N–H and O–H groups in total. The Morgan fingerprint density at radius 2 is 1.88 bits per heavy atom. The fourth-order valence-electron chi connectivity index (χ4n) is 4.05. The third-order valence-electron chi connectivity index (χ3n) is 5.58. The molecule has 1 saturated heterocycles. The third-order valence-corrected chi connectivity index (χ3v) is 5.58. The van der Waals surface area contributed by atoms with Gasteiger partial charge in [-0.1, -0.05) is 6.07 Å². The van der Waals surface area contributed by atoms with E-state index in [1.807, 2.05) is 13.8 Å². The van der Waals surface area contributed by atoms with Crippen molar-refractivity contribution in [3.05, 3.63) is 51.8 Å². The van der Waals surface area contributed by atoms with Crippen LogP contribution in [0.3, 0.4) is 0 Å². The molecule has 3 aromatic rings. The number of oxazole rings is 1. The summed E-state index contributed by atoms with van der Waals surface area (Å²) in [6.07, 6.45) is 1.69. The number of nitrogens with one attached hydrogen (secondary N) is 1. The van der Waals surface area contributed by atoms with Crippen LogP contribution >= 0.6 is 0 Å². The summed E-state index contributed by atoms with van der Waals surface area (Å²) in [6, 6.07) is 8.55. The Morgan fingerprint density at radius 3 is 2.48 bits per heavy atom. The second kappa shape index (κ2) is 10.0. The maximum atomic E-state index is 14.5. The summed E-state index contributed by atoms with van der Waals surface area (Å²) >= 11 is 0. The molecule has 4 rings (SSSR count). The van der Waals surface area contributed by atoms with Crippen LogP contribution in [-0.4, -0.2) is 47.2 Å².